The Morgan fingerprint density at radius 2 is 1.83 bits per heavy atom. The van der Waals surface area contributed by atoms with Crippen molar-refractivity contribution in [1.29, 1.82) is 0 Å². The Kier molecular flexibility index (Phi) is 4.79. The Morgan fingerprint density at radius 3 is 2.57 bits per heavy atom. The van der Waals surface area contributed by atoms with Crippen molar-refractivity contribution < 1.29 is 0 Å². The number of hydrogen-bond acceptors (Lipinski definition) is 3. The van der Waals surface area contributed by atoms with Crippen molar-refractivity contribution in [2.24, 2.45) is 0 Å². The summed E-state index contributed by atoms with van der Waals surface area (Å²) in [7, 11) is 4.19. The van der Waals surface area contributed by atoms with Gasteiger partial charge in [0.05, 0.1) is 5.52 Å². The zero-order chi connectivity index (χ0) is 16.2. The fraction of sp³-hybridized carbons (Fsp3) is 0.211. The minimum atomic E-state index is 0.701. The monoisotopic (exact) mass is 325 g/mol. The van der Waals surface area contributed by atoms with Crippen LogP contribution in [0, 0.1) is 0 Å². The summed E-state index contributed by atoms with van der Waals surface area (Å²) in [6, 6.07) is 16.3. The number of aromatic nitrogens is 1. The van der Waals surface area contributed by atoms with Gasteiger partial charge in [-0.05, 0) is 62.5 Å². The first-order valence-corrected chi connectivity index (χ1v) is 8.04. The van der Waals surface area contributed by atoms with Crippen LogP contribution in [0.1, 0.15) is 5.56 Å². The second-order valence-corrected chi connectivity index (χ2v) is 6.33. The van der Waals surface area contributed by atoms with Crippen LogP contribution >= 0.6 is 11.6 Å². The first-order valence-electron chi connectivity index (χ1n) is 7.67. The summed E-state index contributed by atoms with van der Waals surface area (Å²) in [5.74, 6) is 0. The van der Waals surface area contributed by atoms with Crippen molar-refractivity contribution in [3.05, 3.63) is 65.3 Å². The molecule has 118 valence electrons. The van der Waals surface area contributed by atoms with Crippen molar-refractivity contribution in [2.45, 2.75) is 6.42 Å². The largest absolute Gasteiger partial charge is 0.355 e. The van der Waals surface area contributed by atoms with E-state index in [0.29, 0.717) is 5.02 Å². The highest BCUT2D eigenvalue weighted by Gasteiger charge is 2.03. The lowest BCUT2D eigenvalue weighted by Gasteiger charge is -2.12. The maximum absolute atomic E-state index is 6.04. The number of halogens is 1. The van der Waals surface area contributed by atoms with E-state index in [9.17, 15) is 0 Å². The molecule has 1 heterocycles. The van der Waals surface area contributed by atoms with E-state index >= 15 is 0 Å². The van der Waals surface area contributed by atoms with Crippen LogP contribution in [0.5, 0.6) is 0 Å². The van der Waals surface area contributed by atoms with E-state index in [1.165, 1.54) is 5.56 Å². The number of nitrogens with one attached hydrogen (secondary N) is 1. The number of nitrogens with zero attached hydrogens (tertiary/aromatic N) is 2. The van der Waals surface area contributed by atoms with Gasteiger partial charge in [0.2, 0.25) is 0 Å². The molecule has 4 heteroatoms. The van der Waals surface area contributed by atoms with E-state index in [1.54, 1.807) is 6.20 Å². The molecule has 1 N–H and O–H groups in total. The molecule has 0 aliphatic heterocycles. The topological polar surface area (TPSA) is 28.2 Å². The summed E-state index contributed by atoms with van der Waals surface area (Å²) in [5.41, 5.74) is 4.34. The molecule has 0 amide bonds. The molecule has 0 radical (unpaired) electrons. The number of anilines is 2. The van der Waals surface area contributed by atoms with E-state index < -0.39 is 0 Å². The molecular weight excluding hydrogens is 306 g/mol. The van der Waals surface area contributed by atoms with Crippen LogP contribution in [-0.4, -0.2) is 30.5 Å². The van der Waals surface area contributed by atoms with Crippen LogP contribution in [0.25, 0.3) is 10.9 Å². The second-order valence-electron chi connectivity index (χ2n) is 5.90. The number of pyridine rings is 1. The Hall–Kier alpha value is -2.10. The molecule has 0 bridgehead atoms. The number of rotatable bonds is 5. The van der Waals surface area contributed by atoms with Crippen molar-refractivity contribution >= 4 is 33.9 Å². The normalized spacial score (nSPS) is 11.1. The van der Waals surface area contributed by atoms with Crippen LogP contribution < -0.4 is 5.32 Å². The summed E-state index contributed by atoms with van der Waals surface area (Å²) in [6.07, 6.45) is 2.86. The molecule has 23 heavy (non-hydrogen) atoms. The molecule has 0 aliphatic rings. The molecule has 3 rings (SSSR count). The Labute approximate surface area is 141 Å². The first kappa shape index (κ1) is 15.8. The number of benzene rings is 2. The SMILES string of the molecule is CN(C)CCc1ccc(Nc2ccnc3cc(Cl)ccc23)cc1. The van der Waals surface area contributed by atoms with Gasteiger partial charge < -0.3 is 10.2 Å². The lowest BCUT2D eigenvalue weighted by Crippen LogP contribution is -2.14. The van der Waals surface area contributed by atoms with Crippen LogP contribution in [0.2, 0.25) is 5.02 Å². The van der Waals surface area contributed by atoms with Crippen LogP contribution in [0.4, 0.5) is 11.4 Å². The average Bonchev–Trinajstić information content (AvgIpc) is 2.54. The summed E-state index contributed by atoms with van der Waals surface area (Å²) >= 11 is 6.04. The second kappa shape index (κ2) is 6.99. The van der Waals surface area contributed by atoms with Gasteiger partial charge in [-0.15, -0.1) is 0 Å². The minimum Gasteiger partial charge on any atom is -0.355 e. The van der Waals surface area contributed by atoms with Gasteiger partial charge in [-0.3, -0.25) is 4.98 Å². The molecule has 1 aromatic heterocycles. The molecule has 0 spiro atoms. The average molecular weight is 326 g/mol. The lowest BCUT2D eigenvalue weighted by molar-refractivity contribution is 0.413. The van der Waals surface area contributed by atoms with Crippen LogP contribution in [0.15, 0.2) is 54.7 Å². The highest BCUT2D eigenvalue weighted by Crippen LogP contribution is 2.27. The third kappa shape index (κ3) is 4.01. The van der Waals surface area contributed by atoms with Crippen LogP contribution in [-0.2, 0) is 6.42 Å². The molecule has 0 aliphatic carbocycles. The van der Waals surface area contributed by atoms with Gasteiger partial charge in [-0.25, -0.2) is 0 Å². The van der Waals surface area contributed by atoms with Gasteiger partial charge in [-0.2, -0.15) is 0 Å². The van der Waals surface area contributed by atoms with Crippen molar-refractivity contribution in [3.8, 4) is 0 Å². The first-order chi connectivity index (χ1) is 11.1. The lowest BCUT2D eigenvalue weighted by atomic mass is 10.1. The Balaban J connectivity index is 1.79. The zero-order valence-electron chi connectivity index (χ0n) is 13.4. The van der Waals surface area contributed by atoms with Gasteiger partial charge in [0, 0.05) is 34.5 Å². The predicted molar refractivity (Wildman–Crippen MR) is 98.7 cm³/mol. The highest BCUT2D eigenvalue weighted by atomic mass is 35.5. The molecule has 0 saturated heterocycles. The number of fused-ring (bicyclic) bond motifs is 1. The van der Waals surface area contributed by atoms with E-state index in [2.05, 4.69) is 53.6 Å². The number of likely N-dealkylation sites (N-methyl/N-ethyl adjacent to an activating group) is 1. The summed E-state index contributed by atoms with van der Waals surface area (Å²) in [5, 5.41) is 5.23. The summed E-state index contributed by atoms with van der Waals surface area (Å²) in [4.78, 5) is 6.57. The maximum Gasteiger partial charge on any atom is 0.0737 e. The van der Waals surface area contributed by atoms with E-state index in [0.717, 1.165) is 35.2 Å². The van der Waals surface area contributed by atoms with E-state index in [-0.39, 0.29) is 0 Å². The molecule has 0 fully saturated rings. The van der Waals surface area contributed by atoms with E-state index in [4.69, 9.17) is 11.6 Å². The smallest absolute Gasteiger partial charge is 0.0737 e. The summed E-state index contributed by atoms with van der Waals surface area (Å²) < 4.78 is 0. The van der Waals surface area contributed by atoms with Crippen molar-refractivity contribution in [1.82, 2.24) is 9.88 Å². The Bertz CT molecular complexity index is 797. The summed E-state index contributed by atoms with van der Waals surface area (Å²) in [6.45, 7) is 1.06. The molecular formula is C19H20ClN3. The molecule has 3 aromatic rings. The van der Waals surface area contributed by atoms with Gasteiger partial charge in [0.15, 0.2) is 0 Å². The standard InChI is InChI=1S/C19H20ClN3/c1-23(2)12-10-14-3-6-16(7-4-14)22-18-9-11-21-19-13-15(20)5-8-17(18)19/h3-9,11,13H,10,12H2,1-2H3,(H,21,22). The third-order valence-electron chi connectivity index (χ3n) is 3.79. The van der Waals surface area contributed by atoms with Crippen molar-refractivity contribution in [3.63, 3.8) is 0 Å². The zero-order valence-corrected chi connectivity index (χ0v) is 14.1. The molecule has 2 aromatic carbocycles. The maximum atomic E-state index is 6.04. The minimum absolute atomic E-state index is 0.701. The molecule has 0 unspecified atom stereocenters. The van der Waals surface area contributed by atoms with Gasteiger partial charge in [-0.1, -0.05) is 23.7 Å². The van der Waals surface area contributed by atoms with Crippen LogP contribution in [0.3, 0.4) is 0 Å². The van der Waals surface area contributed by atoms with E-state index in [1.807, 2.05) is 24.3 Å². The highest BCUT2D eigenvalue weighted by molar-refractivity contribution is 6.31. The van der Waals surface area contributed by atoms with Gasteiger partial charge >= 0.3 is 0 Å². The molecule has 0 atom stereocenters. The fourth-order valence-electron chi connectivity index (χ4n) is 2.49. The fourth-order valence-corrected chi connectivity index (χ4v) is 2.66. The quantitative estimate of drug-likeness (QED) is 0.734. The Morgan fingerprint density at radius 1 is 1.04 bits per heavy atom. The van der Waals surface area contributed by atoms with Gasteiger partial charge in [0.25, 0.3) is 0 Å². The molecule has 0 saturated carbocycles. The number of hydrogen-bond donors (Lipinski definition) is 1. The third-order valence-corrected chi connectivity index (χ3v) is 4.02. The van der Waals surface area contributed by atoms with Gasteiger partial charge in [0.1, 0.15) is 0 Å². The predicted octanol–water partition coefficient (Wildman–Crippen LogP) is 4.74. The molecule has 3 nitrogen and oxygen atoms in total. The van der Waals surface area contributed by atoms with Crippen molar-refractivity contribution in [2.75, 3.05) is 26.0 Å².